The van der Waals surface area contributed by atoms with E-state index in [0.717, 1.165) is 50.1 Å². The second-order valence-corrected chi connectivity index (χ2v) is 7.98. The second-order valence-electron chi connectivity index (χ2n) is 7.98. The summed E-state index contributed by atoms with van der Waals surface area (Å²) in [5.74, 6) is 1.44. The van der Waals surface area contributed by atoms with Gasteiger partial charge >= 0.3 is 0 Å². The van der Waals surface area contributed by atoms with E-state index in [-0.39, 0.29) is 23.8 Å². The Bertz CT molecular complexity index is 650. The molecule has 27 heavy (non-hydrogen) atoms. The fraction of sp³-hybridized carbons (Fsp3) is 0.636. The monoisotopic (exact) mass is 372 g/mol. The molecule has 5 nitrogen and oxygen atoms in total. The van der Waals surface area contributed by atoms with Crippen molar-refractivity contribution in [3.8, 4) is 5.75 Å². The quantitative estimate of drug-likeness (QED) is 0.766. The van der Waals surface area contributed by atoms with Gasteiger partial charge in [0.1, 0.15) is 5.75 Å². The molecule has 0 bridgehead atoms. The summed E-state index contributed by atoms with van der Waals surface area (Å²) in [6.45, 7) is 6.71. The van der Waals surface area contributed by atoms with Gasteiger partial charge in [0, 0.05) is 26.1 Å². The van der Waals surface area contributed by atoms with Crippen LogP contribution in [0.3, 0.4) is 0 Å². The lowest BCUT2D eigenvalue weighted by molar-refractivity contribution is -0.138. The molecule has 2 atom stereocenters. The van der Waals surface area contributed by atoms with E-state index < -0.39 is 0 Å². The van der Waals surface area contributed by atoms with Crippen LogP contribution in [-0.2, 0) is 9.59 Å². The van der Waals surface area contributed by atoms with Crippen LogP contribution in [0, 0.1) is 11.8 Å². The molecule has 2 fully saturated rings. The van der Waals surface area contributed by atoms with Gasteiger partial charge in [0.15, 0.2) is 0 Å². The molecule has 0 saturated carbocycles. The number of likely N-dealkylation sites (tertiary alicyclic amines) is 2. The molecule has 1 aromatic rings. The normalized spacial score (nSPS) is 23.7. The van der Waals surface area contributed by atoms with E-state index in [1.165, 1.54) is 0 Å². The van der Waals surface area contributed by atoms with Crippen LogP contribution >= 0.6 is 0 Å². The van der Waals surface area contributed by atoms with Crippen LogP contribution in [0.4, 0.5) is 0 Å². The number of piperidine rings is 1. The molecule has 2 amide bonds. The Morgan fingerprint density at radius 3 is 2.44 bits per heavy atom. The third-order valence-electron chi connectivity index (χ3n) is 6.05. The first-order valence-corrected chi connectivity index (χ1v) is 10.3. The Balaban J connectivity index is 1.85. The summed E-state index contributed by atoms with van der Waals surface area (Å²) < 4.78 is 5.27. The number of ether oxygens (including phenoxy) is 1. The smallest absolute Gasteiger partial charge is 0.228 e. The number of carbonyl (C=O) groups is 2. The zero-order chi connectivity index (χ0) is 19.4. The summed E-state index contributed by atoms with van der Waals surface area (Å²) in [4.78, 5) is 30.0. The standard InChI is InChI=1S/C22H32N2O3/c1-4-5-12-24-20(25)15-19(22(26)23-13-10-16(2)11-14-23)21(24)17-6-8-18(27-3)9-7-17/h6-9,16,19,21H,4-5,10-15H2,1-3H3. The molecule has 2 unspecified atom stereocenters. The fourth-order valence-corrected chi connectivity index (χ4v) is 4.28. The lowest BCUT2D eigenvalue weighted by Crippen LogP contribution is -2.43. The van der Waals surface area contributed by atoms with Gasteiger partial charge in [0.05, 0.1) is 19.1 Å². The number of methoxy groups -OCH3 is 1. The van der Waals surface area contributed by atoms with Crippen molar-refractivity contribution in [2.75, 3.05) is 26.7 Å². The molecule has 3 rings (SSSR count). The van der Waals surface area contributed by atoms with Crippen LogP contribution in [-0.4, -0.2) is 48.4 Å². The highest BCUT2D eigenvalue weighted by atomic mass is 16.5. The maximum Gasteiger partial charge on any atom is 0.228 e. The van der Waals surface area contributed by atoms with Crippen LogP contribution in [0.1, 0.15) is 57.6 Å². The Morgan fingerprint density at radius 2 is 1.85 bits per heavy atom. The predicted molar refractivity (Wildman–Crippen MR) is 105 cm³/mol. The van der Waals surface area contributed by atoms with Crippen molar-refractivity contribution in [2.45, 2.75) is 52.0 Å². The SMILES string of the molecule is CCCCN1C(=O)CC(C(=O)N2CCC(C)CC2)C1c1ccc(OC)cc1. The summed E-state index contributed by atoms with van der Waals surface area (Å²) in [7, 11) is 1.64. The molecule has 0 aliphatic carbocycles. The van der Waals surface area contributed by atoms with Crippen LogP contribution in [0.15, 0.2) is 24.3 Å². The highest BCUT2D eigenvalue weighted by Gasteiger charge is 2.45. The van der Waals surface area contributed by atoms with Crippen molar-refractivity contribution in [3.63, 3.8) is 0 Å². The van der Waals surface area contributed by atoms with Crippen molar-refractivity contribution in [1.82, 2.24) is 9.80 Å². The maximum absolute atomic E-state index is 13.3. The number of nitrogens with zero attached hydrogens (tertiary/aromatic N) is 2. The molecular weight excluding hydrogens is 340 g/mol. The molecule has 148 valence electrons. The van der Waals surface area contributed by atoms with Crippen LogP contribution in [0.25, 0.3) is 0 Å². The van der Waals surface area contributed by atoms with E-state index in [9.17, 15) is 9.59 Å². The first-order valence-electron chi connectivity index (χ1n) is 10.3. The third kappa shape index (κ3) is 4.28. The average molecular weight is 373 g/mol. The molecule has 2 heterocycles. The van der Waals surface area contributed by atoms with Crippen LogP contribution in [0.2, 0.25) is 0 Å². The summed E-state index contributed by atoms with van der Waals surface area (Å²) in [5, 5.41) is 0. The largest absolute Gasteiger partial charge is 0.497 e. The van der Waals surface area contributed by atoms with Gasteiger partial charge in [-0.3, -0.25) is 9.59 Å². The molecule has 0 aromatic heterocycles. The van der Waals surface area contributed by atoms with Crippen molar-refractivity contribution in [1.29, 1.82) is 0 Å². The molecule has 2 aliphatic rings. The molecule has 2 saturated heterocycles. The summed E-state index contributed by atoms with van der Waals surface area (Å²) in [6, 6.07) is 7.67. The minimum atomic E-state index is -0.281. The van der Waals surface area contributed by atoms with Gasteiger partial charge in [0.2, 0.25) is 11.8 Å². The number of amides is 2. The van der Waals surface area contributed by atoms with E-state index in [0.29, 0.717) is 18.9 Å². The Morgan fingerprint density at radius 1 is 1.19 bits per heavy atom. The van der Waals surface area contributed by atoms with Gasteiger partial charge in [0.25, 0.3) is 0 Å². The lowest BCUT2D eigenvalue weighted by atomic mass is 9.90. The average Bonchev–Trinajstić information content (AvgIpc) is 3.02. The van der Waals surface area contributed by atoms with Crippen molar-refractivity contribution in [2.24, 2.45) is 11.8 Å². The lowest BCUT2D eigenvalue weighted by Gasteiger charge is -2.35. The van der Waals surface area contributed by atoms with E-state index in [1.807, 2.05) is 34.1 Å². The van der Waals surface area contributed by atoms with Crippen LogP contribution in [0.5, 0.6) is 5.75 Å². The molecule has 0 radical (unpaired) electrons. The van der Waals surface area contributed by atoms with E-state index >= 15 is 0 Å². The zero-order valence-electron chi connectivity index (χ0n) is 16.8. The number of unbranched alkanes of at least 4 members (excludes halogenated alkanes) is 1. The van der Waals surface area contributed by atoms with Gasteiger partial charge in [-0.1, -0.05) is 32.4 Å². The Hall–Kier alpha value is -2.04. The molecule has 1 aromatic carbocycles. The number of rotatable bonds is 6. The Kier molecular flexibility index (Phi) is 6.40. The summed E-state index contributed by atoms with van der Waals surface area (Å²) >= 11 is 0. The number of hydrogen-bond donors (Lipinski definition) is 0. The number of benzene rings is 1. The topological polar surface area (TPSA) is 49.9 Å². The van der Waals surface area contributed by atoms with Crippen LogP contribution < -0.4 is 4.74 Å². The van der Waals surface area contributed by atoms with E-state index in [1.54, 1.807) is 7.11 Å². The maximum atomic E-state index is 13.3. The minimum Gasteiger partial charge on any atom is -0.497 e. The highest BCUT2D eigenvalue weighted by Crippen LogP contribution is 2.40. The third-order valence-corrected chi connectivity index (χ3v) is 6.05. The van der Waals surface area contributed by atoms with Gasteiger partial charge in [-0.15, -0.1) is 0 Å². The van der Waals surface area contributed by atoms with Gasteiger partial charge < -0.3 is 14.5 Å². The van der Waals surface area contributed by atoms with Crippen molar-refractivity contribution < 1.29 is 14.3 Å². The molecular formula is C22H32N2O3. The minimum absolute atomic E-state index is 0.105. The van der Waals surface area contributed by atoms with Gasteiger partial charge in [-0.2, -0.15) is 0 Å². The number of hydrogen-bond acceptors (Lipinski definition) is 3. The molecule has 5 heteroatoms. The molecule has 2 aliphatic heterocycles. The summed E-state index contributed by atoms with van der Waals surface area (Å²) in [5.41, 5.74) is 1.03. The van der Waals surface area contributed by atoms with E-state index in [4.69, 9.17) is 4.74 Å². The van der Waals surface area contributed by atoms with Gasteiger partial charge in [-0.25, -0.2) is 0 Å². The van der Waals surface area contributed by atoms with Crippen molar-refractivity contribution >= 4 is 11.8 Å². The predicted octanol–water partition coefficient (Wildman–Crippen LogP) is 3.64. The van der Waals surface area contributed by atoms with E-state index in [2.05, 4.69) is 13.8 Å². The Labute approximate surface area is 162 Å². The number of carbonyl (C=O) groups excluding carboxylic acids is 2. The first-order chi connectivity index (χ1) is 13.0. The van der Waals surface area contributed by atoms with Gasteiger partial charge in [-0.05, 0) is 42.9 Å². The highest BCUT2D eigenvalue weighted by molar-refractivity contribution is 5.90. The first kappa shape index (κ1) is 19.7. The van der Waals surface area contributed by atoms with Crippen molar-refractivity contribution in [3.05, 3.63) is 29.8 Å². The summed E-state index contributed by atoms with van der Waals surface area (Å²) in [6.07, 6.45) is 4.42. The zero-order valence-corrected chi connectivity index (χ0v) is 16.8. The second kappa shape index (κ2) is 8.77. The molecule has 0 spiro atoms. The fourth-order valence-electron chi connectivity index (χ4n) is 4.28. The molecule has 0 N–H and O–H groups in total.